The number of nitrogens with zero attached hydrogens (tertiary/aromatic N) is 2. The lowest BCUT2D eigenvalue weighted by atomic mass is 10.1. The lowest BCUT2D eigenvalue weighted by Gasteiger charge is -2.08. The molecular formula is C13H19N3O. The molecule has 0 aliphatic heterocycles. The van der Waals surface area contributed by atoms with Gasteiger partial charge >= 0.3 is 0 Å². The second-order valence-corrected chi connectivity index (χ2v) is 4.63. The van der Waals surface area contributed by atoms with Gasteiger partial charge < -0.3 is 15.0 Å². The van der Waals surface area contributed by atoms with Crippen LogP contribution in [0, 0.1) is 5.92 Å². The Labute approximate surface area is 101 Å². The van der Waals surface area contributed by atoms with Gasteiger partial charge in [-0.2, -0.15) is 0 Å². The molecule has 0 atom stereocenters. The van der Waals surface area contributed by atoms with Crippen LogP contribution in [-0.4, -0.2) is 16.7 Å². The number of anilines is 1. The zero-order valence-corrected chi connectivity index (χ0v) is 10.6. The van der Waals surface area contributed by atoms with Crippen LogP contribution >= 0.6 is 0 Å². The van der Waals surface area contributed by atoms with Gasteiger partial charge in [0.1, 0.15) is 11.3 Å². The summed E-state index contributed by atoms with van der Waals surface area (Å²) in [5.74, 6) is 1.99. The second kappa shape index (κ2) is 4.65. The first-order valence-corrected chi connectivity index (χ1v) is 5.92. The van der Waals surface area contributed by atoms with Crippen LogP contribution in [0.3, 0.4) is 0 Å². The van der Waals surface area contributed by atoms with E-state index in [-0.39, 0.29) is 0 Å². The molecular weight excluding hydrogens is 214 g/mol. The minimum Gasteiger partial charge on any atom is -0.494 e. The Morgan fingerprint density at radius 2 is 2.18 bits per heavy atom. The molecule has 4 heteroatoms. The third-order valence-electron chi connectivity index (χ3n) is 2.92. The first-order valence-electron chi connectivity index (χ1n) is 5.92. The van der Waals surface area contributed by atoms with E-state index in [2.05, 4.69) is 23.4 Å². The summed E-state index contributed by atoms with van der Waals surface area (Å²) in [6.07, 6.45) is 1.09. The zero-order valence-electron chi connectivity index (χ0n) is 10.6. The van der Waals surface area contributed by atoms with E-state index in [0.717, 1.165) is 29.7 Å². The fourth-order valence-corrected chi connectivity index (χ4v) is 1.93. The Hall–Kier alpha value is -1.71. The van der Waals surface area contributed by atoms with Crippen LogP contribution in [0.2, 0.25) is 0 Å². The topological polar surface area (TPSA) is 53.1 Å². The predicted octanol–water partition coefficient (Wildman–Crippen LogP) is 2.67. The molecule has 1 heterocycles. The van der Waals surface area contributed by atoms with Crippen molar-refractivity contribution < 1.29 is 4.74 Å². The molecule has 0 bridgehead atoms. The molecule has 1 aromatic carbocycles. The van der Waals surface area contributed by atoms with Crippen molar-refractivity contribution in [2.24, 2.45) is 5.92 Å². The highest BCUT2D eigenvalue weighted by molar-refractivity contribution is 5.84. The van der Waals surface area contributed by atoms with Crippen molar-refractivity contribution in [2.45, 2.75) is 26.8 Å². The van der Waals surface area contributed by atoms with Gasteiger partial charge in [0.2, 0.25) is 5.95 Å². The largest absolute Gasteiger partial charge is 0.494 e. The summed E-state index contributed by atoms with van der Waals surface area (Å²) in [7, 11) is 1.65. The van der Waals surface area contributed by atoms with Crippen molar-refractivity contribution in [2.75, 3.05) is 12.8 Å². The molecule has 2 aromatic rings. The summed E-state index contributed by atoms with van der Waals surface area (Å²) in [6.45, 7) is 5.30. The molecule has 0 aliphatic rings. The van der Waals surface area contributed by atoms with Gasteiger partial charge in [-0.25, -0.2) is 4.98 Å². The average molecular weight is 233 g/mol. The number of fused-ring (bicyclic) bond motifs is 1. The van der Waals surface area contributed by atoms with Gasteiger partial charge in [-0.3, -0.25) is 0 Å². The fourth-order valence-electron chi connectivity index (χ4n) is 1.93. The number of para-hydroxylation sites is 1. The molecule has 0 spiro atoms. The summed E-state index contributed by atoms with van der Waals surface area (Å²) in [5, 5.41) is 0. The van der Waals surface area contributed by atoms with Gasteiger partial charge in [-0.15, -0.1) is 0 Å². The van der Waals surface area contributed by atoms with Gasteiger partial charge in [-0.05, 0) is 24.5 Å². The fraction of sp³-hybridized carbons (Fsp3) is 0.462. The number of imidazole rings is 1. The second-order valence-electron chi connectivity index (χ2n) is 4.63. The number of aryl methyl sites for hydroxylation is 1. The molecule has 0 radical (unpaired) electrons. The van der Waals surface area contributed by atoms with E-state index in [0.29, 0.717) is 11.9 Å². The zero-order chi connectivity index (χ0) is 12.4. The Bertz CT molecular complexity index is 517. The Morgan fingerprint density at radius 3 is 2.82 bits per heavy atom. The normalized spacial score (nSPS) is 11.3. The van der Waals surface area contributed by atoms with E-state index < -0.39 is 0 Å². The summed E-state index contributed by atoms with van der Waals surface area (Å²) in [4.78, 5) is 4.38. The van der Waals surface area contributed by atoms with Crippen molar-refractivity contribution in [3.8, 4) is 5.75 Å². The minimum atomic E-state index is 0.560. The van der Waals surface area contributed by atoms with Crippen LogP contribution in [0.25, 0.3) is 11.0 Å². The number of rotatable bonds is 4. The standard InChI is InChI=1S/C13H19N3O/c1-9(2)7-8-16-10-5-4-6-11(17-3)12(10)15-13(16)14/h4-6,9H,7-8H2,1-3H3,(H2,14,15). The molecule has 2 rings (SSSR count). The van der Waals surface area contributed by atoms with Crippen molar-refractivity contribution in [3.05, 3.63) is 18.2 Å². The van der Waals surface area contributed by atoms with Crippen molar-refractivity contribution >= 4 is 17.0 Å². The Morgan fingerprint density at radius 1 is 1.41 bits per heavy atom. The van der Waals surface area contributed by atoms with Gasteiger partial charge in [0.15, 0.2) is 0 Å². The van der Waals surface area contributed by atoms with Crippen LogP contribution in [0.5, 0.6) is 5.75 Å². The number of hydrogen-bond acceptors (Lipinski definition) is 3. The van der Waals surface area contributed by atoms with Crippen LogP contribution < -0.4 is 10.5 Å². The highest BCUT2D eigenvalue weighted by Crippen LogP contribution is 2.27. The molecule has 0 fully saturated rings. The third-order valence-corrected chi connectivity index (χ3v) is 2.92. The highest BCUT2D eigenvalue weighted by Gasteiger charge is 2.11. The maximum absolute atomic E-state index is 5.96. The van der Waals surface area contributed by atoms with Gasteiger partial charge in [0.05, 0.1) is 12.6 Å². The number of benzene rings is 1. The van der Waals surface area contributed by atoms with Crippen LogP contribution in [0.4, 0.5) is 5.95 Å². The molecule has 0 amide bonds. The van der Waals surface area contributed by atoms with Crippen molar-refractivity contribution in [1.82, 2.24) is 9.55 Å². The maximum atomic E-state index is 5.96. The van der Waals surface area contributed by atoms with Crippen molar-refractivity contribution in [3.63, 3.8) is 0 Å². The molecule has 0 saturated heterocycles. The predicted molar refractivity (Wildman–Crippen MR) is 70.2 cm³/mol. The monoisotopic (exact) mass is 233 g/mol. The van der Waals surface area contributed by atoms with Gasteiger partial charge in [0, 0.05) is 6.54 Å². The van der Waals surface area contributed by atoms with E-state index in [1.54, 1.807) is 7.11 Å². The molecule has 4 nitrogen and oxygen atoms in total. The molecule has 0 unspecified atom stereocenters. The number of ether oxygens (including phenoxy) is 1. The van der Waals surface area contributed by atoms with E-state index in [9.17, 15) is 0 Å². The smallest absolute Gasteiger partial charge is 0.201 e. The molecule has 92 valence electrons. The van der Waals surface area contributed by atoms with E-state index in [1.807, 2.05) is 18.2 Å². The summed E-state index contributed by atoms with van der Waals surface area (Å²) in [5.41, 5.74) is 7.85. The van der Waals surface area contributed by atoms with E-state index in [1.165, 1.54) is 0 Å². The molecule has 2 N–H and O–H groups in total. The summed E-state index contributed by atoms with van der Waals surface area (Å²) >= 11 is 0. The Kier molecular flexibility index (Phi) is 3.22. The lowest BCUT2D eigenvalue weighted by Crippen LogP contribution is -2.05. The van der Waals surface area contributed by atoms with Crippen LogP contribution in [0.15, 0.2) is 18.2 Å². The number of nitrogen functional groups attached to an aromatic ring is 1. The molecule has 17 heavy (non-hydrogen) atoms. The van der Waals surface area contributed by atoms with Crippen molar-refractivity contribution in [1.29, 1.82) is 0 Å². The Balaban J connectivity index is 2.45. The molecule has 0 saturated carbocycles. The number of nitrogens with two attached hydrogens (primary N) is 1. The van der Waals surface area contributed by atoms with Crippen LogP contribution in [-0.2, 0) is 6.54 Å². The SMILES string of the molecule is COc1cccc2c1nc(N)n2CCC(C)C. The van der Waals surface area contributed by atoms with Crippen LogP contribution in [0.1, 0.15) is 20.3 Å². The maximum Gasteiger partial charge on any atom is 0.201 e. The first kappa shape index (κ1) is 11.8. The lowest BCUT2D eigenvalue weighted by molar-refractivity contribution is 0.419. The third kappa shape index (κ3) is 2.20. The van der Waals surface area contributed by atoms with E-state index >= 15 is 0 Å². The summed E-state index contributed by atoms with van der Waals surface area (Å²) in [6, 6.07) is 5.90. The van der Waals surface area contributed by atoms with E-state index in [4.69, 9.17) is 10.5 Å². The number of aromatic nitrogens is 2. The highest BCUT2D eigenvalue weighted by atomic mass is 16.5. The van der Waals surface area contributed by atoms with Gasteiger partial charge in [-0.1, -0.05) is 19.9 Å². The summed E-state index contributed by atoms with van der Waals surface area (Å²) < 4.78 is 7.34. The molecule has 0 aliphatic carbocycles. The number of methoxy groups -OCH3 is 1. The quantitative estimate of drug-likeness (QED) is 0.883. The first-order chi connectivity index (χ1) is 8.13. The minimum absolute atomic E-state index is 0.560. The average Bonchev–Trinajstić information content (AvgIpc) is 2.62. The van der Waals surface area contributed by atoms with Gasteiger partial charge in [0.25, 0.3) is 0 Å². The molecule has 1 aromatic heterocycles. The number of hydrogen-bond donors (Lipinski definition) is 1.